The van der Waals surface area contributed by atoms with Crippen LogP contribution in [0.3, 0.4) is 0 Å². The van der Waals surface area contributed by atoms with E-state index in [1.807, 2.05) is 0 Å². The average molecular weight is 294 g/mol. The molecule has 2 rings (SSSR count). The lowest BCUT2D eigenvalue weighted by Gasteiger charge is -2.15. The fourth-order valence-electron chi connectivity index (χ4n) is 2.30. The van der Waals surface area contributed by atoms with Crippen LogP contribution in [0.1, 0.15) is 24.5 Å². The normalized spacial score (nSPS) is 23.5. The molecule has 19 heavy (non-hydrogen) atoms. The highest BCUT2D eigenvalue weighted by atomic mass is 32.2. The third-order valence-corrected chi connectivity index (χ3v) is 5.14. The second-order valence-corrected chi connectivity index (χ2v) is 7.01. The van der Waals surface area contributed by atoms with E-state index in [2.05, 4.69) is 0 Å². The summed E-state index contributed by atoms with van der Waals surface area (Å²) >= 11 is 0. The van der Waals surface area contributed by atoms with Gasteiger partial charge in [0.15, 0.2) is 27.3 Å². The molecule has 1 heterocycles. The third-order valence-electron chi connectivity index (χ3n) is 3.31. The Hall–Kier alpha value is -1.08. The Labute approximate surface area is 109 Å². The van der Waals surface area contributed by atoms with Crippen LogP contribution in [-0.4, -0.2) is 25.0 Å². The van der Waals surface area contributed by atoms with Gasteiger partial charge in [0.05, 0.1) is 17.6 Å². The first-order valence-electron chi connectivity index (χ1n) is 5.82. The minimum Gasteiger partial charge on any atom is -0.388 e. The van der Waals surface area contributed by atoms with Crippen LogP contribution in [-0.2, 0) is 9.84 Å². The second-order valence-electron chi connectivity index (χ2n) is 4.79. The van der Waals surface area contributed by atoms with Gasteiger partial charge in [0, 0.05) is 5.56 Å². The number of hydrogen-bond acceptors (Lipinski definition) is 3. The van der Waals surface area contributed by atoms with Gasteiger partial charge in [-0.25, -0.2) is 21.6 Å². The Kier molecular flexibility index (Phi) is 3.87. The molecule has 0 spiro atoms. The van der Waals surface area contributed by atoms with Crippen LogP contribution in [0.25, 0.3) is 0 Å². The van der Waals surface area contributed by atoms with E-state index in [1.54, 1.807) is 0 Å². The van der Waals surface area contributed by atoms with Gasteiger partial charge in [-0.1, -0.05) is 6.07 Å². The summed E-state index contributed by atoms with van der Waals surface area (Å²) < 4.78 is 61.7. The molecule has 1 aromatic carbocycles. The van der Waals surface area contributed by atoms with E-state index in [4.69, 9.17) is 0 Å². The van der Waals surface area contributed by atoms with Gasteiger partial charge in [0.1, 0.15) is 0 Å². The van der Waals surface area contributed by atoms with Crippen molar-refractivity contribution in [1.82, 2.24) is 0 Å². The van der Waals surface area contributed by atoms with Crippen molar-refractivity contribution in [2.45, 2.75) is 18.9 Å². The van der Waals surface area contributed by atoms with Crippen LogP contribution < -0.4 is 0 Å². The summed E-state index contributed by atoms with van der Waals surface area (Å²) in [5.41, 5.74) is -0.344. The van der Waals surface area contributed by atoms with Crippen LogP contribution in [0.2, 0.25) is 0 Å². The van der Waals surface area contributed by atoms with Crippen molar-refractivity contribution in [1.29, 1.82) is 0 Å². The Morgan fingerprint density at radius 2 is 1.95 bits per heavy atom. The van der Waals surface area contributed by atoms with Crippen LogP contribution in [0.4, 0.5) is 13.2 Å². The van der Waals surface area contributed by atoms with Gasteiger partial charge in [0.2, 0.25) is 0 Å². The van der Waals surface area contributed by atoms with Crippen LogP contribution in [0.5, 0.6) is 0 Å². The van der Waals surface area contributed by atoms with Crippen molar-refractivity contribution in [3.63, 3.8) is 0 Å². The number of aliphatic hydroxyl groups is 1. The molecule has 1 N–H and O–H groups in total. The van der Waals surface area contributed by atoms with Crippen molar-refractivity contribution in [3.05, 3.63) is 35.1 Å². The molecular weight excluding hydrogens is 281 g/mol. The Morgan fingerprint density at radius 3 is 2.53 bits per heavy atom. The summed E-state index contributed by atoms with van der Waals surface area (Å²) in [6.07, 6.45) is -0.931. The van der Waals surface area contributed by atoms with E-state index in [1.165, 1.54) is 0 Å². The van der Waals surface area contributed by atoms with Gasteiger partial charge >= 0.3 is 0 Å². The molecule has 1 aliphatic rings. The summed E-state index contributed by atoms with van der Waals surface area (Å²) in [6.45, 7) is 0. The lowest BCUT2D eigenvalue weighted by molar-refractivity contribution is 0.143. The number of sulfone groups is 1. The van der Waals surface area contributed by atoms with Crippen molar-refractivity contribution in [2.75, 3.05) is 11.5 Å². The lowest BCUT2D eigenvalue weighted by Crippen LogP contribution is -2.11. The zero-order valence-corrected chi connectivity index (χ0v) is 10.8. The maximum Gasteiger partial charge on any atom is 0.194 e. The Balaban J connectivity index is 2.13. The fraction of sp³-hybridized carbons (Fsp3) is 0.500. The summed E-state index contributed by atoms with van der Waals surface area (Å²) in [7, 11) is -3.09. The van der Waals surface area contributed by atoms with Gasteiger partial charge < -0.3 is 5.11 Å². The van der Waals surface area contributed by atoms with Gasteiger partial charge in [-0.2, -0.15) is 0 Å². The van der Waals surface area contributed by atoms with Gasteiger partial charge in [-0.15, -0.1) is 0 Å². The van der Waals surface area contributed by atoms with Crippen LogP contribution in [0.15, 0.2) is 12.1 Å². The number of benzene rings is 1. The summed E-state index contributed by atoms with van der Waals surface area (Å²) in [5.74, 6) is -4.67. The summed E-state index contributed by atoms with van der Waals surface area (Å²) in [5, 5.41) is 9.82. The molecule has 0 radical (unpaired) electrons. The molecule has 7 heteroatoms. The van der Waals surface area contributed by atoms with Crippen molar-refractivity contribution >= 4 is 9.84 Å². The van der Waals surface area contributed by atoms with E-state index in [9.17, 15) is 26.7 Å². The Morgan fingerprint density at radius 1 is 1.26 bits per heavy atom. The molecule has 0 aliphatic carbocycles. The predicted molar refractivity (Wildman–Crippen MR) is 62.7 cm³/mol. The maximum absolute atomic E-state index is 13.4. The minimum absolute atomic E-state index is 0.0151. The average Bonchev–Trinajstić information content (AvgIpc) is 2.65. The van der Waals surface area contributed by atoms with E-state index >= 15 is 0 Å². The van der Waals surface area contributed by atoms with E-state index in [0.29, 0.717) is 6.42 Å². The molecule has 106 valence electrons. The van der Waals surface area contributed by atoms with Gasteiger partial charge in [-0.05, 0) is 24.8 Å². The second kappa shape index (κ2) is 5.13. The number of halogens is 3. The first kappa shape index (κ1) is 14.3. The van der Waals surface area contributed by atoms with Gasteiger partial charge in [-0.3, -0.25) is 0 Å². The standard InChI is InChI=1S/C12H13F3O3S/c13-9-2-1-8(11(14)12(9)15)10(16)5-7-3-4-19(17,18)6-7/h1-2,7,10,16H,3-6H2. The molecule has 1 fully saturated rings. The highest BCUT2D eigenvalue weighted by molar-refractivity contribution is 7.91. The predicted octanol–water partition coefficient (Wildman–Crippen LogP) is 1.96. The number of hydrogen-bond donors (Lipinski definition) is 1. The van der Waals surface area contributed by atoms with E-state index < -0.39 is 33.4 Å². The van der Waals surface area contributed by atoms with Crippen molar-refractivity contribution < 1.29 is 26.7 Å². The zero-order chi connectivity index (χ0) is 14.2. The maximum atomic E-state index is 13.4. The molecule has 0 bridgehead atoms. The lowest BCUT2D eigenvalue weighted by atomic mass is 9.96. The highest BCUT2D eigenvalue weighted by Gasteiger charge is 2.30. The minimum atomic E-state index is -3.09. The Bertz CT molecular complexity index is 586. The zero-order valence-electron chi connectivity index (χ0n) is 9.94. The summed E-state index contributed by atoms with van der Waals surface area (Å²) in [6, 6.07) is 1.71. The smallest absolute Gasteiger partial charge is 0.194 e. The third kappa shape index (κ3) is 3.09. The SMILES string of the molecule is O=S1(=O)CCC(CC(O)c2ccc(F)c(F)c2F)C1. The number of rotatable bonds is 3. The molecule has 0 amide bonds. The quantitative estimate of drug-likeness (QED) is 0.867. The first-order chi connectivity index (χ1) is 8.80. The molecule has 2 unspecified atom stereocenters. The largest absolute Gasteiger partial charge is 0.388 e. The molecule has 1 saturated heterocycles. The number of aliphatic hydroxyl groups excluding tert-OH is 1. The van der Waals surface area contributed by atoms with Gasteiger partial charge in [0.25, 0.3) is 0 Å². The molecule has 0 saturated carbocycles. The van der Waals surface area contributed by atoms with Crippen molar-refractivity contribution in [2.24, 2.45) is 5.92 Å². The molecule has 0 aromatic heterocycles. The van der Waals surface area contributed by atoms with Crippen molar-refractivity contribution in [3.8, 4) is 0 Å². The van der Waals surface area contributed by atoms with E-state index in [0.717, 1.165) is 12.1 Å². The monoisotopic (exact) mass is 294 g/mol. The van der Waals surface area contributed by atoms with E-state index in [-0.39, 0.29) is 29.4 Å². The topological polar surface area (TPSA) is 54.4 Å². The van der Waals surface area contributed by atoms with Crippen LogP contribution in [0, 0.1) is 23.4 Å². The fourth-order valence-corrected chi connectivity index (χ4v) is 4.18. The molecule has 3 nitrogen and oxygen atoms in total. The molecule has 1 aromatic rings. The van der Waals surface area contributed by atoms with Crippen LogP contribution >= 0.6 is 0 Å². The highest BCUT2D eigenvalue weighted by Crippen LogP contribution is 2.31. The molecular formula is C12H13F3O3S. The molecule has 1 aliphatic heterocycles. The summed E-state index contributed by atoms with van der Waals surface area (Å²) in [4.78, 5) is 0. The molecule has 2 atom stereocenters. The first-order valence-corrected chi connectivity index (χ1v) is 7.64.